The number of rotatable bonds is 10. The lowest BCUT2D eigenvalue weighted by Gasteiger charge is -2.15. The van der Waals surface area contributed by atoms with E-state index in [1.807, 2.05) is 32.0 Å². The van der Waals surface area contributed by atoms with E-state index < -0.39 is 17.7 Å². The van der Waals surface area contributed by atoms with Gasteiger partial charge in [0.15, 0.2) is 11.0 Å². The van der Waals surface area contributed by atoms with Crippen LogP contribution in [0.25, 0.3) is 5.69 Å². The number of ether oxygens (including phenoxy) is 1. The summed E-state index contributed by atoms with van der Waals surface area (Å²) in [5, 5.41) is 15.2. The Morgan fingerprint density at radius 2 is 1.90 bits per heavy atom. The molecule has 9 nitrogen and oxygen atoms in total. The molecule has 0 bridgehead atoms. The van der Waals surface area contributed by atoms with Crippen molar-refractivity contribution in [3.63, 3.8) is 0 Å². The molecule has 0 aliphatic heterocycles. The van der Waals surface area contributed by atoms with Gasteiger partial charge in [0, 0.05) is 4.88 Å². The molecule has 2 aromatic heterocycles. The quantitative estimate of drug-likeness (QED) is 0.183. The second kappa shape index (κ2) is 12.9. The minimum atomic E-state index is -0.615. The van der Waals surface area contributed by atoms with Crippen LogP contribution in [0.3, 0.4) is 0 Å². The van der Waals surface area contributed by atoms with E-state index in [1.54, 1.807) is 17.6 Å². The van der Waals surface area contributed by atoms with Crippen molar-refractivity contribution in [2.75, 3.05) is 17.7 Å². The van der Waals surface area contributed by atoms with Crippen molar-refractivity contribution in [1.82, 2.24) is 20.1 Å². The van der Waals surface area contributed by atoms with Gasteiger partial charge < -0.3 is 15.4 Å². The van der Waals surface area contributed by atoms with E-state index in [1.165, 1.54) is 41.3 Å². The van der Waals surface area contributed by atoms with Gasteiger partial charge in [-0.05, 0) is 74.9 Å². The number of esters is 1. The summed E-state index contributed by atoms with van der Waals surface area (Å²) < 4.78 is 21.2. The molecule has 5 rings (SSSR count). The Balaban J connectivity index is 1.36. The van der Waals surface area contributed by atoms with Gasteiger partial charge in [0.2, 0.25) is 5.91 Å². The lowest BCUT2D eigenvalue weighted by atomic mass is 10.1. The molecular weight excluding hydrogens is 577 g/mol. The number of aryl methyl sites for hydroxylation is 2. The molecule has 0 spiro atoms. The molecule has 1 aliphatic rings. The van der Waals surface area contributed by atoms with E-state index in [-0.39, 0.29) is 30.4 Å². The maximum absolute atomic E-state index is 14.1. The summed E-state index contributed by atoms with van der Waals surface area (Å²) in [5.41, 5.74) is 4.20. The fourth-order valence-corrected chi connectivity index (χ4v) is 6.89. The smallest absolute Gasteiger partial charge is 0.341 e. The van der Waals surface area contributed by atoms with Gasteiger partial charge in [-0.2, -0.15) is 0 Å². The molecule has 2 N–H and O–H groups in total. The molecule has 218 valence electrons. The van der Waals surface area contributed by atoms with Crippen LogP contribution in [0.4, 0.5) is 9.39 Å². The molecule has 0 radical (unpaired) electrons. The fraction of sp³-hybridized carbons (Fsp3) is 0.300. The zero-order valence-electron chi connectivity index (χ0n) is 23.5. The summed E-state index contributed by atoms with van der Waals surface area (Å²) in [6.45, 7) is 5.96. The van der Waals surface area contributed by atoms with E-state index in [0.29, 0.717) is 21.5 Å². The molecule has 2 amide bonds. The number of halogens is 1. The van der Waals surface area contributed by atoms with Crippen LogP contribution in [0.1, 0.15) is 61.5 Å². The van der Waals surface area contributed by atoms with E-state index in [0.717, 1.165) is 46.5 Å². The summed E-state index contributed by atoms with van der Waals surface area (Å²) in [4.78, 5) is 39.6. The number of nitrogens with one attached hydrogen (secondary N) is 2. The minimum Gasteiger partial charge on any atom is -0.462 e. The molecule has 0 atom stereocenters. The van der Waals surface area contributed by atoms with Crippen LogP contribution in [0.2, 0.25) is 0 Å². The first-order valence-corrected chi connectivity index (χ1v) is 15.4. The number of fused-ring (bicyclic) bond motifs is 1. The van der Waals surface area contributed by atoms with Crippen LogP contribution in [0.5, 0.6) is 0 Å². The molecule has 0 saturated carbocycles. The normalized spacial score (nSPS) is 12.2. The molecule has 2 aromatic carbocycles. The van der Waals surface area contributed by atoms with Crippen molar-refractivity contribution in [2.45, 2.75) is 51.7 Å². The average molecular weight is 608 g/mol. The first-order valence-electron chi connectivity index (χ1n) is 13.6. The first kappa shape index (κ1) is 29.5. The highest BCUT2D eigenvalue weighted by Crippen LogP contribution is 2.39. The number of carbonyl (C=O) groups is 3. The van der Waals surface area contributed by atoms with Gasteiger partial charge in [0.1, 0.15) is 10.8 Å². The third-order valence-corrected chi connectivity index (χ3v) is 9.17. The van der Waals surface area contributed by atoms with Crippen LogP contribution in [0, 0.1) is 19.7 Å². The molecule has 0 fully saturated rings. The number of thiophene rings is 1. The number of thioether (sulfide) groups is 1. The Kier molecular flexibility index (Phi) is 9.03. The number of hydrogen-bond donors (Lipinski definition) is 2. The Bertz CT molecular complexity index is 1670. The zero-order chi connectivity index (χ0) is 29.8. The van der Waals surface area contributed by atoms with E-state index in [2.05, 4.69) is 20.8 Å². The predicted molar refractivity (Wildman–Crippen MR) is 160 cm³/mol. The van der Waals surface area contributed by atoms with Crippen molar-refractivity contribution in [2.24, 2.45) is 0 Å². The van der Waals surface area contributed by atoms with Gasteiger partial charge in [-0.25, -0.2) is 9.18 Å². The Hall–Kier alpha value is -4.03. The maximum Gasteiger partial charge on any atom is 0.341 e. The molecule has 2 heterocycles. The molecule has 12 heteroatoms. The summed E-state index contributed by atoms with van der Waals surface area (Å²) in [6, 6.07) is 11.6. The van der Waals surface area contributed by atoms with Crippen molar-refractivity contribution < 1.29 is 23.5 Å². The Morgan fingerprint density at radius 1 is 1.10 bits per heavy atom. The maximum atomic E-state index is 14.1. The monoisotopic (exact) mass is 607 g/mol. The fourth-order valence-electron chi connectivity index (χ4n) is 4.83. The van der Waals surface area contributed by atoms with E-state index in [4.69, 9.17) is 4.74 Å². The number of benzene rings is 2. The number of carbonyl (C=O) groups excluding carboxylic acids is 3. The summed E-state index contributed by atoms with van der Waals surface area (Å²) >= 11 is 2.61. The summed E-state index contributed by atoms with van der Waals surface area (Å²) in [7, 11) is 0. The van der Waals surface area contributed by atoms with E-state index >= 15 is 0 Å². The predicted octanol–water partition coefficient (Wildman–Crippen LogP) is 5.41. The standard InChI is InChI=1S/C30H30FN5O4S2/c1-4-40-29(39)26-20-11-8-14-23(20)42-28(26)33-25(37)16-41-30-35-34-24(36(30)22-13-7-9-17(2)18(22)3)15-32-27(38)19-10-5-6-12-21(19)31/h5-7,9-10,12-13H,4,8,11,14-16H2,1-3H3,(H,32,38)(H,33,37). The highest BCUT2D eigenvalue weighted by atomic mass is 32.2. The van der Waals surface area contributed by atoms with Crippen molar-refractivity contribution in [3.8, 4) is 5.69 Å². The topological polar surface area (TPSA) is 115 Å². The van der Waals surface area contributed by atoms with Crippen molar-refractivity contribution in [1.29, 1.82) is 0 Å². The Labute approximate surface area is 250 Å². The van der Waals surface area contributed by atoms with Gasteiger partial charge in [0.05, 0.1) is 35.7 Å². The number of amides is 2. The van der Waals surface area contributed by atoms with Crippen LogP contribution in [0.15, 0.2) is 47.6 Å². The summed E-state index contributed by atoms with van der Waals surface area (Å²) in [5.74, 6) is -1.47. The lowest BCUT2D eigenvalue weighted by Crippen LogP contribution is -2.25. The first-order chi connectivity index (χ1) is 20.3. The number of nitrogens with zero attached hydrogens (tertiary/aromatic N) is 3. The van der Waals surface area contributed by atoms with Gasteiger partial charge in [0.25, 0.3) is 5.91 Å². The molecule has 1 aliphatic carbocycles. The minimum absolute atomic E-state index is 0.00934. The van der Waals surface area contributed by atoms with Crippen LogP contribution in [-0.2, 0) is 28.9 Å². The zero-order valence-corrected chi connectivity index (χ0v) is 25.1. The molecule has 0 unspecified atom stereocenters. The number of hydrogen-bond acceptors (Lipinski definition) is 8. The number of anilines is 1. The Morgan fingerprint density at radius 3 is 2.69 bits per heavy atom. The highest BCUT2D eigenvalue weighted by molar-refractivity contribution is 7.99. The third kappa shape index (κ3) is 6.09. The van der Waals surface area contributed by atoms with Crippen molar-refractivity contribution >= 4 is 45.9 Å². The van der Waals surface area contributed by atoms with Crippen molar-refractivity contribution in [3.05, 3.63) is 86.8 Å². The second-order valence-electron chi connectivity index (χ2n) is 9.73. The lowest BCUT2D eigenvalue weighted by molar-refractivity contribution is -0.113. The summed E-state index contributed by atoms with van der Waals surface area (Å²) in [6.07, 6.45) is 2.65. The molecule has 42 heavy (non-hydrogen) atoms. The molecule has 4 aromatic rings. The third-order valence-electron chi connectivity index (χ3n) is 7.03. The van der Waals surface area contributed by atoms with Gasteiger partial charge in [-0.15, -0.1) is 21.5 Å². The van der Waals surface area contributed by atoms with Crippen LogP contribution >= 0.6 is 23.1 Å². The number of aromatic nitrogens is 3. The van der Waals surface area contributed by atoms with Crippen LogP contribution < -0.4 is 10.6 Å². The largest absolute Gasteiger partial charge is 0.462 e. The second-order valence-corrected chi connectivity index (χ2v) is 11.8. The van der Waals surface area contributed by atoms with Crippen LogP contribution in [-0.4, -0.2) is 44.9 Å². The van der Waals surface area contributed by atoms with Gasteiger partial charge in [-0.3, -0.25) is 14.2 Å². The van der Waals surface area contributed by atoms with Gasteiger partial charge in [-0.1, -0.05) is 36.0 Å². The SMILES string of the molecule is CCOC(=O)c1c(NC(=O)CSc2nnc(CNC(=O)c3ccccc3F)n2-c2cccc(C)c2C)sc2c1CCC2. The average Bonchev–Trinajstić information content (AvgIpc) is 3.67. The highest BCUT2D eigenvalue weighted by Gasteiger charge is 2.28. The van der Waals surface area contributed by atoms with Gasteiger partial charge >= 0.3 is 5.97 Å². The molecular formula is C30H30FN5O4S2. The van der Waals surface area contributed by atoms with E-state index in [9.17, 15) is 18.8 Å². The molecule has 0 saturated heterocycles.